The average molecular weight is 324 g/mol. The molecule has 1 heterocycles. The summed E-state index contributed by atoms with van der Waals surface area (Å²) in [5.74, 6) is 0. The number of benzene rings is 2. The highest BCUT2D eigenvalue weighted by atomic mass is 19.1. The first kappa shape index (κ1) is 16.8. The van der Waals surface area contributed by atoms with Crippen molar-refractivity contribution in [3.8, 4) is 0 Å². The van der Waals surface area contributed by atoms with Gasteiger partial charge < -0.3 is 4.90 Å². The van der Waals surface area contributed by atoms with Crippen LogP contribution < -0.4 is 0 Å². The van der Waals surface area contributed by atoms with Crippen molar-refractivity contribution in [1.29, 1.82) is 0 Å². The van der Waals surface area contributed by atoms with E-state index in [0.29, 0.717) is 0 Å². The molecule has 3 heteroatoms. The summed E-state index contributed by atoms with van der Waals surface area (Å²) in [4.78, 5) is 7.28. The minimum atomic E-state index is -0.306. The number of rotatable bonds is 4. The van der Waals surface area contributed by atoms with Crippen LogP contribution in [0.25, 0.3) is 0 Å². The van der Waals surface area contributed by atoms with Crippen molar-refractivity contribution in [3.05, 3.63) is 71.8 Å². The van der Waals surface area contributed by atoms with Crippen LogP contribution in [0, 0.1) is 5.41 Å². The molecular formula is C21H25FN2. The first-order valence-corrected chi connectivity index (χ1v) is 8.53. The van der Waals surface area contributed by atoms with E-state index in [1.54, 1.807) is 0 Å². The molecule has 0 aliphatic carbocycles. The van der Waals surface area contributed by atoms with E-state index in [2.05, 4.69) is 36.2 Å². The van der Waals surface area contributed by atoms with Gasteiger partial charge >= 0.3 is 0 Å². The summed E-state index contributed by atoms with van der Waals surface area (Å²) in [6.45, 7) is 3.39. The van der Waals surface area contributed by atoms with Crippen molar-refractivity contribution in [3.63, 3.8) is 0 Å². The third-order valence-corrected chi connectivity index (χ3v) is 4.63. The number of likely N-dealkylation sites (tertiary alicyclic amines) is 1. The van der Waals surface area contributed by atoms with Crippen LogP contribution >= 0.6 is 0 Å². The lowest BCUT2D eigenvalue weighted by Gasteiger charge is -2.40. The molecule has 0 bridgehead atoms. The fourth-order valence-corrected chi connectivity index (χ4v) is 3.65. The van der Waals surface area contributed by atoms with Crippen LogP contribution in [0.1, 0.15) is 24.5 Å². The van der Waals surface area contributed by atoms with Gasteiger partial charge in [0.25, 0.3) is 0 Å². The van der Waals surface area contributed by atoms with Gasteiger partial charge in [0.05, 0.1) is 18.4 Å². The van der Waals surface area contributed by atoms with Gasteiger partial charge in [0, 0.05) is 29.6 Å². The van der Waals surface area contributed by atoms with Gasteiger partial charge in [-0.3, -0.25) is 9.38 Å². The predicted molar refractivity (Wildman–Crippen MR) is 98.5 cm³/mol. The van der Waals surface area contributed by atoms with E-state index in [1.165, 1.54) is 0 Å². The molecule has 126 valence electrons. The molecule has 3 rings (SSSR count). The Balaban J connectivity index is 1.98. The van der Waals surface area contributed by atoms with Crippen LogP contribution in [0.5, 0.6) is 0 Å². The zero-order valence-corrected chi connectivity index (χ0v) is 14.5. The zero-order valence-electron chi connectivity index (χ0n) is 14.5. The minimum absolute atomic E-state index is 0.111. The van der Waals surface area contributed by atoms with E-state index in [0.717, 1.165) is 36.3 Å². The molecule has 1 saturated heterocycles. The first-order chi connectivity index (χ1) is 11.6. The second-order valence-electron chi connectivity index (χ2n) is 7.21. The molecule has 2 aromatic rings. The lowest BCUT2D eigenvalue weighted by atomic mass is 9.81. The number of likely N-dealkylation sites (N-methyl/N-ethyl adjacent to an activating group) is 1. The van der Waals surface area contributed by atoms with Crippen molar-refractivity contribution < 1.29 is 4.39 Å². The highest BCUT2D eigenvalue weighted by Gasteiger charge is 2.35. The van der Waals surface area contributed by atoms with Crippen LogP contribution in [-0.4, -0.2) is 43.5 Å². The van der Waals surface area contributed by atoms with E-state index in [9.17, 15) is 4.39 Å². The number of hydrogen-bond acceptors (Lipinski definition) is 2. The molecule has 2 unspecified atom stereocenters. The standard InChI is InChI=1S/C21H25FN2/c1-21(15-22)13-19(14-24(2)16-21)23-20(17-9-5-3-6-10-17)18-11-7-4-8-12-18/h3-12,19H,13-16H2,1-2H3. The van der Waals surface area contributed by atoms with Crippen molar-refractivity contribution in [1.82, 2.24) is 4.90 Å². The number of nitrogens with zero attached hydrogens (tertiary/aromatic N) is 2. The Kier molecular flexibility index (Phi) is 5.10. The summed E-state index contributed by atoms with van der Waals surface area (Å²) < 4.78 is 13.5. The monoisotopic (exact) mass is 324 g/mol. The minimum Gasteiger partial charge on any atom is -0.304 e. The maximum atomic E-state index is 13.5. The fourth-order valence-electron chi connectivity index (χ4n) is 3.65. The molecule has 24 heavy (non-hydrogen) atoms. The lowest BCUT2D eigenvalue weighted by molar-refractivity contribution is 0.0838. The van der Waals surface area contributed by atoms with E-state index < -0.39 is 0 Å². The van der Waals surface area contributed by atoms with Gasteiger partial charge in [0.1, 0.15) is 0 Å². The quantitative estimate of drug-likeness (QED) is 0.770. The smallest absolute Gasteiger partial charge is 0.0961 e. The summed E-state index contributed by atoms with van der Waals surface area (Å²) in [5.41, 5.74) is 2.91. The van der Waals surface area contributed by atoms with E-state index in [-0.39, 0.29) is 18.1 Å². The van der Waals surface area contributed by atoms with Crippen molar-refractivity contribution >= 4 is 5.71 Å². The normalized spacial score (nSPS) is 24.5. The second kappa shape index (κ2) is 7.27. The molecule has 0 radical (unpaired) electrons. The fraction of sp³-hybridized carbons (Fsp3) is 0.381. The predicted octanol–water partition coefficient (Wildman–Crippen LogP) is 4.20. The SMILES string of the molecule is CN1CC(N=C(c2ccccc2)c2ccccc2)CC(C)(CF)C1. The Morgan fingerprint density at radius 3 is 2.12 bits per heavy atom. The summed E-state index contributed by atoms with van der Waals surface area (Å²) in [6, 6.07) is 20.6. The topological polar surface area (TPSA) is 15.6 Å². The molecular weight excluding hydrogens is 299 g/mol. The molecule has 1 aliphatic rings. The molecule has 0 spiro atoms. The Hall–Kier alpha value is -2.00. The van der Waals surface area contributed by atoms with Crippen molar-refractivity contribution in [2.45, 2.75) is 19.4 Å². The summed E-state index contributed by atoms with van der Waals surface area (Å²) in [6.07, 6.45) is 0.789. The van der Waals surface area contributed by atoms with Gasteiger partial charge in [-0.15, -0.1) is 0 Å². The highest BCUT2D eigenvalue weighted by Crippen LogP contribution is 2.31. The third-order valence-electron chi connectivity index (χ3n) is 4.63. The number of aliphatic imine (C=N–C) groups is 1. The third kappa shape index (κ3) is 3.90. The van der Waals surface area contributed by atoms with Gasteiger partial charge in [0.15, 0.2) is 0 Å². The summed E-state index contributed by atoms with van der Waals surface area (Å²) >= 11 is 0. The number of hydrogen-bond donors (Lipinski definition) is 0. The molecule has 0 saturated carbocycles. The van der Waals surface area contributed by atoms with Gasteiger partial charge in [-0.1, -0.05) is 67.6 Å². The summed E-state index contributed by atoms with van der Waals surface area (Å²) in [7, 11) is 2.06. The molecule has 0 N–H and O–H groups in total. The molecule has 2 atom stereocenters. The van der Waals surface area contributed by atoms with Crippen LogP contribution in [0.4, 0.5) is 4.39 Å². The van der Waals surface area contributed by atoms with E-state index in [1.807, 2.05) is 43.3 Å². The Bertz CT molecular complexity index is 642. The average Bonchev–Trinajstić information content (AvgIpc) is 2.60. The molecule has 0 amide bonds. The molecule has 1 fully saturated rings. The maximum Gasteiger partial charge on any atom is 0.0961 e. The van der Waals surface area contributed by atoms with Crippen LogP contribution in [0.2, 0.25) is 0 Å². The van der Waals surface area contributed by atoms with Crippen molar-refractivity contribution in [2.24, 2.45) is 10.4 Å². The molecule has 0 aromatic heterocycles. The number of alkyl halides is 1. The van der Waals surface area contributed by atoms with E-state index >= 15 is 0 Å². The van der Waals surface area contributed by atoms with Gasteiger partial charge in [-0.25, -0.2) is 0 Å². The zero-order chi connectivity index (χ0) is 17.0. The van der Waals surface area contributed by atoms with Gasteiger partial charge in [-0.2, -0.15) is 0 Å². The first-order valence-electron chi connectivity index (χ1n) is 8.53. The van der Waals surface area contributed by atoms with Gasteiger partial charge in [0.2, 0.25) is 0 Å². The molecule has 2 aromatic carbocycles. The van der Waals surface area contributed by atoms with Crippen LogP contribution in [-0.2, 0) is 0 Å². The second-order valence-corrected chi connectivity index (χ2v) is 7.21. The van der Waals surface area contributed by atoms with Gasteiger partial charge in [-0.05, 0) is 13.5 Å². The Labute approximate surface area is 144 Å². The van der Waals surface area contributed by atoms with Crippen molar-refractivity contribution in [2.75, 3.05) is 26.8 Å². The van der Waals surface area contributed by atoms with Crippen LogP contribution in [0.3, 0.4) is 0 Å². The largest absolute Gasteiger partial charge is 0.304 e. The Morgan fingerprint density at radius 1 is 1.08 bits per heavy atom. The summed E-state index contributed by atoms with van der Waals surface area (Å²) in [5, 5.41) is 0. The number of piperidine rings is 1. The molecule has 1 aliphatic heterocycles. The lowest BCUT2D eigenvalue weighted by Crippen LogP contribution is -2.47. The maximum absolute atomic E-state index is 13.5. The molecule has 2 nitrogen and oxygen atoms in total. The van der Waals surface area contributed by atoms with E-state index in [4.69, 9.17) is 4.99 Å². The Morgan fingerprint density at radius 2 is 1.62 bits per heavy atom. The number of halogens is 1. The van der Waals surface area contributed by atoms with Crippen LogP contribution in [0.15, 0.2) is 65.7 Å². The highest BCUT2D eigenvalue weighted by molar-refractivity contribution is 6.12.